The molecule has 1 N–H and O–H groups in total. The quantitative estimate of drug-likeness (QED) is 0.375. The molecule has 4 rings (SSSR count). The number of hydrogen-bond donors (Lipinski definition) is 1. The number of aromatic nitrogens is 1. The van der Waals surface area contributed by atoms with Gasteiger partial charge in [-0.2, -0.15) is 0 Å². The highest BCUT2D eigenvalue weighted by Gasteiger charge is 2.21. The Kier molecular flexibility index (Phi) is 6.53. The fourth-order valence-corrected chi connectivity index (χ4v) is 6.04. The van der Waals surface area contributed by atoms with E-state index in [1.807, 2.05) is 50.2 Å². The molecular weight excluding hydrogens is 464 g/mol. The Morgan fingerprint density at radius 3 is 2.38 bits per heavy atom. The molecular formula is C24H23ClN2O3S2. The van der Waals surface area contributed by atoms with Gasteiger partial charge in [-0.3, -0.25) is 9.36 Å². The summed E-state index contributed by atoms with van der Waals surface area (Å²) in [5, 5.41) is 0.634. The van der Waals surface area contributed by atoms with Gasteiger partial charge < -0.3 is 0 Å². The average molecular weight is 487 g/mol. The van der Waals surface area contributed by atoms with Gasteiger partial charge in [0.05, 0.1) is 21.7 Å². The van der Waals surface area contributed by atoms with E-state index in [2.05, 4.69) is 4.72 Å². The smallest absolute Gasteiger partial charge is 0.294 e. The van der Waals surface area contributed by atoms with Crippen LogP contribution in [0.3, 0.4) is 0 Å². The number of nitrogens with one attached hydrogen (secondary N) is 1. The van der Waals surface area contributed by atoms with E-state index in [1.54, 1.807) is 34.9 Å². The van der Waals surface area contributed by atoms with E-state index in [0.717, 1.165) is 28.0 Å². The first-order valence-electron chi connectivity index (χ1n) is 10.2. The topological polar surface area (TPSA) is 68.2 Å². The highest BCUT2D eigenvalue weighted by molar-refractivity contribution is 7.89. The molecule has 5 nitrogen and oxygen atoms in total. The molecule has 1 aromatic heterocycles. The minimum atomic E-state index is -3.76. The first kappa shape index (κ1) is 22.7. The number of rotatable bonds is 7. The SMILES string of the molecule is CC[C@@H](NS(=O)(=O)c1ccc2c(c1)sc(=O)n2Cc1ccc(Cl)cc1)c1ccc(C)cc1. The zero-order valence-corrected chi connectivity index (χ0v) is 20.1. The molecule has 0 aliphatic heterocycles. The zero-order chi connectivity index (χ0) is 22.9. The number of benzene rings is 3. The van der Waals surface area contributed by atoms with Crippen molar-refractivity contribution in [2.45, 2.75) is 37.8 Å². The van der Waals surface area contributed by atoms with Crippen LogP contribution < -0.4 is 9.60 Å². The first-order chi connectivity index (χ1) is 15.3. The summed E-state index contributed by atoms with van der Waals surface area (Å²) in [5.74, 6) is 0. The largest absolute Gasteiger partial charge is 0.308 e. The van der Waals surface area contributed by atoms with Gasteiger partial charge in [-0.05, 0) is 54.8 Å². The summed E-state index contributed by atoms with van der Waals surface area (Å²) < 4.78 is 31.3. The Morgan fingerprint density at radius 2 is 1.72 bits per heavy atom. The maximum absolute atomic E-state index is 13.1. The molecule has 0 fully saturated rings. The molecule has 32 heavy (non-hydrogen) atoms. The van der Waals surface area contributed by atoms with Crippen LogP contribution in [0.1, 0.15) is 36.1 Å². The molecule has 1 atom stereocenters. The summed E-state index contributed by atoms with van der Waals surface area (Å²) in [6.07, 6.45) is 0.620. The summed E-state index contributed by atoms with van der Waals surface area (Å²) in [7, 11) is -3.76. The van der Waals surface area contributed by atoms with Crippen molar-refractivity contribution >= 4 is 43.2 Å². The Bertz CT molecular complexity index is 1410. The fourth-order valence-electron chi connectivity index (χ4n) is 3.58. The van der Waals surface area contributed by atoms with Crippen LogP contribution in [-0.2, 0) is 16.6 Å². The lowest BCUT2D eigenvalue weighted by Crippen LogP contribution is -2.28. The van der Waals surface area contributed by atoms with Gasteiger partial charge in [-0.25, -0.2) is 13.1 Å². The molecule has 0 spiro atoms. The molecule has 0 unspecified atom stereocenters. The second kappa shape index (κ2) is 9.19. The van der Waals surface area contributed by atoms with E-state index in [4.69, 9.17) is 11.6 Å². The number of nitrogens with zero attached hydrogens (tertiary/aromatic N) is 1. The van der Waals surface area contributed by atoms with Gasteiger partial charge in [-0.15, -0.1) is 0 Å². The maximum Gasteiger partial charge on any atom is 0.308 e. The number of thiazole rings is 1. The van der Waals surface area contributed by atoms with Gasteiger partial charge in [0.2, 0.25) is 10.0 Å². The van der Waals surface area contributed by atoms with Gasteiger partial charge >= 0.3 is 4.87 Å². The van der Waals surface area contributed by atoms with Gasteiger partial charge in [0.25, 0.3) is 0 Å². The molecule has 0 saturated heterocycles. The molecule has 4 aromatic rings. The van der Waals surface area contributed by atoms with Gasteiger partial charge in [0, 0.05) is 11.1 Å². The molecule has 0 saturated carbocycles. The van der Waals surface area contributed by atoms with E-state index >= 15 is 0 Å². The van der Waals surface area contributed by atoms with E-state index < -0.39 is 10.0 Å². The van der Waals surface area contributed by atoms with Crippen molar-refractivity contribution in [2.75, 3.05) is 0 Å². The first-order valence-corrected chi connectivity index (χ1v) is 12.9. The Hall–Kier alpha value is -2.45. The van der Waals surface area contributed by atoms with Crippen molar-refractivity contribution in [2.24, 2.45) is 0 Å². The van der Waals surface area contributed by atoms with Gasteiger partial charge in [-0.1, -0.05) is 71.8 Å². The lowest BCUT2D eigenvalue weighted by molar-refractivity contribution is 0.550. The summed E-state index contributed by atoms with van der Waals surface area (Å²) >= 11 is 6.99. The molecule has 1 heterocycles. The second-order valence-corrected chi connectivity index (χ2v) is 10.8. The summed E-state index contributed by atoms with van der Waals surface area (Å²) in [6, 6.07) is 19.6. The van der Waals surface area contributed by atoms with E-state index in [1.165, 1.54) is 0 Å². The lowest BCUT2D eigenvalue weighted by atomic mass is 10.0. The Balaban J connectivity index is 1.63. The number of fused-ring (bicyclic) bond motifs is 1. The van der Waals surface area contributed by atoms with Crippen molar-refractivity contribution in [1.29, 1.82) is 0 Å². The van der Waals surface area contributed by atoms with Crippen molar-refractivity contribution < 1.29 is 8.42 Å². The monoisotopic (exact) mass is 486 g/mol. The minimum Gasteiger partial charge on any atom is -0.294 e. The standard InChI is InChI=1S/C24H23ClN2O3S2/c1-3-21(18-8-4-16(2)5-9-18)26-32(29,30)20-12-13-22-23(14-20)31-24(28)27(22)15-17-6-10-19(25)11-7-17/h4-14,21,26H,3,15H2,1-2H3/t21-/m1/s1. The van der Waals surface area contributed by atoms with E-state index in [9.17, 15) is 13.2 Å². The lowest BCUT2D eigenvalue weighted by Gasteiger charge is -2.18. The van der Waals surface area contributed by atoms with Crippen LogP contribution in [0.5, 0.6) is 0 Å². The summed E-state index contributed by atoms with van der Waals surface area (Å²) in [4.78, 5) is 12.6. The summed E-state index contributed by atoms with van der Waals surface area (Å²) in [5.41, 5.74) is 3.69. The number of sulfonamides is 1. The maximum atomic E-state index is 13.1. The number of aryl methyl sites for hydroxylation is 1. The summed E-state index contributed by atoms with van der Waals surface area (Å²) in [6.45, 7) is 4.33. The van der Waals surface area contributed by atoms with Crippen LogP contribution in [0.25, 0.3) is 10.2 Å². The van der Waals surface area contributed by atoms with Crippen LogP contribution in [0.15, 0.2) is 76.4 Å². The third-order valence-corrected chi connectivity index (χ3v) is 8.05. The van der Waals surface area contributed by atoms with Crippen molar-refractivity contribution in [3.8, 4) is 0 Å². The van der Waals surface area contributed by atoms with E-state index in [0.29, 0.717) is 28.2 Å². The van der Waals surface area contributed by atoms with Crippen LogP contribution in [0, 0.1) is 6.92 Å². The van der Waals surface area contributed by atoms with Crippen LogP contribution in [0.2, 0.25) is 5.02 Å². The highest BCUT2D eigenvalue weighted by Crippen LogP contribution is 2.25. The Morgan fingerprint density at radius 1 is 1.03 bits per heavy atom. The third kappa shape index (κ3) is 4.81. The minimum absolute atomic E-state index is 0.136. The van der Waals surface area contributed by atoms with Crippen LogP contribution >= 0.6 is 22.9 Å². The molecule has 8 heteroatoms. The predicted molar refractivity (Wildman–Crippen MR) is 131 cm³/mol. The molecule has 3 aromatic carbocycles. The predicted octanol–water partition coefficient (Wildman–Crippen LogP) is 5.50. The third-order valence-electron chi connectivity index (χ3n) is 5.39. The van der Waals surface area contributed by atoms with Crippen LogP contribution in [0.4, 0.5) is 0 Å². The van der Waals surface area contributed by atoms with Gasteiger partial charge in [0.15, 0.2) is 0 Å². The van der Waals surface area contributed by atoms with Crippen molar-refractivity contribution in [3.63, 3.8) is 0 Å². The highest BCUT2D eigenvalue weighted by atomic mass is 35.5. The average Bonchev–Trinajstić information content (AvgIpc) is 3.08. The normalized spacial score (nSPS) is 12.8. The Labute approximate surface area is 196 Å². The molecule has 0 aliphatic carbocycles. The fraction of sp³-hybridized carbons (Fsp3) is 0.208. The molecule has 0 aliphatic rings. The van der Waals surface area contributed by atoms with Crippen LogP contribution in [-0.4, -0.2) is 13.0 Å². The second-order valence-electron chi connectivity index (χ2n) is 7.70. The zero-order valence-electron chi connectivity index (χ0n) is 17.7. The molecule has 0 bridgehead atoms. The number of halogens is 1. The number of hydrogen-bond acceptors (Lipinski definition) is 4. The van der Waals surface area contributed by atoms with E-state index in [-0.39, 0.29) is 15.8 Å². The molecule has 166 valence electrons. The van der Waals surface area contributed by atoms with Crippen molar-refractivity contribution in [1.82, 2.24) is 9.29 Å². The van der Waals surface area contributed by atoms with Crippen molar-refractivity contribution in [3.05, 3.63) is 98.1 Å². The molecule has 0 radical (unpaired) electrons. The molecule has 0 amide bonds. The van der Waals surface area contributed by atoms with Gasteiger partial charge in [0.1, 0.15) is 0 Å².